The Morgan fingerprint density at radius 2 is 2.32 bits per heavy atom. The fraction of sp³-hybridized carbons (Fsp3) is 0.583. The van der Waals surface area contributed by atoms with E-state index in [0.29, 0.717) is 5.13 Å². The van der Waals surface area contributed by atoms with E-state index in [9.17, 15) is 0 Å². The number of hydrogen-bond donors (Lipinski definition) is 1. The molecule has 1 aliphatic rings. The Kier molecular flexibility index (Phi) is 3.76. The summed E-state index contributed by atoms with van der Waals surface area (Å²) in [6.07, 6.45) is 4.53. The zero-order valence-electron chi connectivity index (χ0n) is 10.9. The van der Waals surface area contributed by atoms with Crippen LogP contribution in [0, 0.1) is 5.92 Å². The highest BCUT2D eigenvalue weighted by Gasteiger charge is 2.18. The topological polar surface area (TPSA) is 67.9 Å². The lowest BCUT2D eigenvalue weighted by Gasteiger charge is -2.29. The molecule has 1 fully saturated rings. The zero-order chi connectivity index (χ0) is 13.2. The second kappa shape index (κ2) is 5.52. The van der Waals surface area contributed by atoms with Gasteiger partial charge in [-0.15, -0.1) is 21.5 Å². The Morgan fingerprint density at radius 1 is 1.42 bits per heavy atom. The molecule has 0 radical (unpaired) electrons. The molecule has 1 atom stereocenters. The number of rotatable bonds is 3. The van der Waals surface area contributed by atoms with Crippen LogP contribution in [0.2, 0.25) is 0 Å². The predicted molar refractivity (Wildman–Crippen MR) is 79.1 cm³/mol. The van der Waals surface area contributed by atoms with Gasteiger partial charge in [0.2, 0.25) is 5.13 Å². The molecule has 1 unspecified atom stereocenters. The molecule has 0 amide bonds. The van der Waals surface area contributed by atoms with E-state index in [4.69, 9.17) is 5.73 Å². The van der Waals surface area contributed by atoms with Crippen LogP contribution in [0.25, 0.3) is 9.88 Å². The Morgan fingerprint density at radius 3 is 3.05 bits per heavy atom. The van der Waals surface area contributed by atoms with Gasteiger partial charge in [-0.2, -0.15) is 0 Å². The maximum absolute atomic E-state index is 5.61. The van der Waals surface area contributed by atoms with Crippen LogP contribution in [0.1, 0.15) is 24.8 Å². The van der Waals surface area contributed by atoms with Gasteiger partial charge in [-0.25, -0.2) is 4.98 Å². The van der Waals surface area contributed by atoms with Crippen molar-refractivity contribution in [3.8, 4) is 9.88 Å². The fourth-order valence-corrected chi connectivity index (χ4v) is 4.04. The van der Waals surface area contributed by atoms with E-state index >= 15 is 0 Å². The summed E-state index contributed by atoms with van der Waals surface area (Å²) in [6, 6.07) is 0. The molecular weight excluding hydrogens is 278 g/mol. The molecule has 2 aromatic rings. The van der Waals surface area contributed by atoms with Crippen LogP contribution in [0.3, 0.4) is 0 Å². The van der Waals surface area contributed by atoms with Crippen molar-refractivity contribution < 1.29 is 0 Å². The zero-order valence-corrected chi connectivity index (χ0v) is 12.5. The third kappa shape index (κ3) is 3.10. The smallest absolute Gasteiger partial charge is 0.203 e. The summed E-state index contributed by atoms with van der Waals surface area (Å²) in [5.41, 5.74) is 5.61. The van der Waals surface area contributed by atoms with Gasteiger partial charge < -0.3 is 5.73 Å². The Labute approximate surface area is 120 Å². The highest BCUT2D eigenvalue weighted by atomic mass is 32.1. The van der Waals surface area contributed by atoms with Crippen molar-refractivity contribution in [2.24, 2.45) is 5.92 Å². The quantitative estimate of drug-likeness (QED) is 0.942. The Balaban J connectivity index is 1.68. The van der Waals surface area contributed by atoms with Crippen LogP contribution in [-0.4, -0.2) is 33.2 Å². The van der Waals surface area contributed by atoms with Gasteiger partial charge in [-0.05, 0) is 25.3 Å². The molecule has 0 spiro atoms. The molecule has 102 valence electrons. The Hall–Kier alpha value is -1.05. The molecule has 5 nitrogen and oxygen atoms in total. The highest BCUT2D eigenvalue weighted by molar-refractivity contribution is 7.23. The fourth-order valence-electron chi connectivity index (χ4n) is 2.44. The summed E-state index contributed by atoms with van der Waals surface area (Å²) in [6.45, 7) is 5.64. The van der Waals surface area contributed by atoms with Crippen LogP contribution < -0.4 is 5.73 Å². The van der Waals surface area contributed by atoms with E-state index in [0.717, 1.165) is 27.4 Å². The van der Waals surface area contributed by atoms with E-state index in [2.05, 4.69) is 27.0 Å². The van der Waals surface area contributed by atoms with E-state index < -0.39 is 0 Å². The van der Waals surface area contributed by atoms with Crippen LogP contribution in [0.4, 0.5) is 5.13 Å². The lowest BCUT2D eigenvalue weighted by Crippen LogP contribution is -2.33. The third-order valence-corrected chi connectivity index (χ3v) is 5.21. The number of nitrogens with zero attached hydrogens (tertiary/aromatic N) is 4. The van der Waals surface area contributed by atoms with Crippen molar-refractivity contribution in [1.82, 2.24) is 20.1 Å². The van der Waals surface area contributed by atoms with Crippen LogP contribution in [0.15, 0.2) is 6.20 Å². The molecule has 0 bridgehead atoms. The highest BCUT2D eigenvalue weighted by Crippen LogP contribution is 2.30. The minimum absolute atomic E-state index is 0.509. The molecule has 3 heterocycles. The minimum Gasteiger partial charge on any atom is -0.374 e. The molecule has 0 aromatic carbocycles. The molecule has 2 aromatic heterocycles. The van der Waals surface area contributed by atoms with Crippen molar-refractivity contribution in [1.29, 1.82) is 0 Å². The summed E-state index contributed by atoms with van der Waals surface area (Å²) in [7, 11) is 0. The van der Waals surface area contributed by atoms with Crippen molar-refractivity contribution in [3.63, 3.8) is 0 Å². The monoisotopic (exact) mass is 295 g/mol. The summed E-state index contributed by atoms with van der Waals surface area (Å²) in [4.78, 5) is 8.05. The molecule has 7 heteroatoms. The number of aromatic nitrogens is 3. The number of nitrogen functional groups attached to an aromatic ring is 1. The van der Waals surface area contributed by atoms with Gasteiger partial charge in [0.1, 0.15) is 5.01 Å². The van der Waals surface area contributed by atoms with Gasteiger partial charge in [0.15, 0.2) is 5.01 Å². The number of nitrogens with two attached hydrogens (primary N) is 1. The van der Waals surface area contributed by atoms with Crippen molar-refractivity contribution in [3.05, 3.63) is 11.2 Å². The average molecular weight is 295 g/mol. The lowest BCUT2D eigenvalue weighted by molar-refractivity contribution is 0.176. The number of thiazole rings is 1. The number of likely N-dealkylation sites (tertiary alicyclic amines) is 1. The normalized spacial score (nSPS) is 20.8. The Bertz CT molecular complexity index is 550. The van der Waals surface area contributed by atoms with Crippen molar-refractivity contribution >= 4 is 27.8 Å². The summed E-state index contributed by atoms with van der Waals surface area (Å²) in [5.74, 6) is 0.802. The minimum atomic E-state index is 0.509. The summed E-state index contributed by atoms with van der Waals surface area (Å²) < 4.78 is 0. The molecule has 0 saturated carbocycles. The van der Waals surface area contributed by atoms with Crippen molar-refractivity contribution in [2.45, 2.75) is 26.3 Å². The maximum Gasteiger partial charge on any atom is 0.203 e. The lowest BCUT2D eigenvalue weighted by atomic mass is 10.0. The molecule has 3 rings (SSSR count). The molecule has 0 aliphatic carbocycles. The third-order valence-electron chi connectivity index (χ3n) is 3.30. The second-order valence-corrected chi connectivity index (χ2v) is 7.17. The predicted octanol–water partition coefficient (Wildman–Crippen LogP) is 2.48. The van der Waals surface area contributed by atoms with E-state index in [-0.39, 0.29) is 0 Å². The standard InChI is InChI=1S/C12H17N5S2/c1-8-3-2-4-17(6-8)7-10-14-5-9(18-10)11-15-16-12(13)19-11/h5,8H,2-4,6-7H2,1H3,(H2,13,16). The van der Waals surface area contributed by atoms with E-state index in [1.807, 2.05) is 6.20 Å². The largest absolute Gasteiger partial charge is 0.374 e. The van der Waals surface area contributed by atoms with Crippen molar-refractivity contribution in [2.75, 3.05) is 18.8 Å². The second-order valence-electron chi connectivity index (χ2n) is 5.05. The van der Waals surface area contributed by atoms with Crippen LogP contribution >= 0.6 is 22.7 Å². The molecular formula is C12H17N5S2. The van der Waals surface area contributed by atoms with Gasteiger partial charge in [0, 0.05) is 12.7 Å². The van der Waals surface area contributed by atoms with Crippen LogP contribution in [-0.2, 0) is 6.54 Å². The van der Waals surface area contributed by atoms with Crippen LogP contribution in [0.5, 0.6) is 0 Å². The summed E-state index contributed by atoms with van der Waals surface area (Å²) in [5, 5.41) is 10.4. The van der Waals surface area contributed by atoms with Gasteiger partial charge >= 0.3 is 0 Å². The first-order chi connectivity index (χ1) is 9.20. The number of anilines is 1. The molecule has 2 N–H and O–H groups in total. The first-order valence-electron chi connectivity index (χ1n) is 6.47. The SMILES string of the molecule is CC1CCCN(Cc2ncc(-c3nnc(N)s3)s2)C1. The average Bonchev–Trinajstić information content (AvgIpc) is 2.98. The first kappa shape index (κ1) is 13.0. The molecule has 1 saturated heterocycles. The van der Waals surface area contributed by atoms with Gasteiger partial charge in [-0.3, -0.25) is 4.90 Å². The van der Waals surface area contributed by atoms with E-state index in [1.165, 1.54) is 37.3 Å². The maximum atomic E-state index is 5.61. The van der Waals surface area contributed by atoms with E-state index in [1.54, 1.807) is 11.3 Å². The number of piperidine rings is 1. The molecule has 1 aliphatic heterocycles. The first-order valence-corrected chi connectivity index (χ1v) is 8.10. The van der Waals surface area contributed by atoms with Gasteiger partial charge in [0.25, 0.3) is 0 Å². The molecule has 19 heavy (non-hydrogen) atoms. The van der Waals surface area contributed by atoms with Gasteiger partial charge in [-0.1, -0.05) is 18.3 Å². The summed E-state index contributed by atoms with van der Waals surface area (Å²) >= 11 is 3.11. The number of hydrogen-bond acceptors (Lipinski definition) is 7. The van der Waals surface area contributed by atoms with Gasteiger partial charge in [0.05, 0.1) is 11.4 Å².